The Balaban J connectivity index is 2.70. The zero-order valence-corrected chi connectivity index (χ0v) is 8.97. The Morgan fingerprint density at radius 3 is 2.75 bits per heavy atom. The van der Waals surface area contributed by atoms with Crippen LogP contribution in [0.3, 0.4) is 0 Å². The number of nitrogens with one attached hydrogen (secondary N) is 1. The minimum Gasteiger partial charge on any atom is -0.504 e. The molecule has 0 saturated carbocycles. The molecule has 1 amide bonds. The van der Waals surface area contributed by atoms with Gasteiger partial charge < -0.3 is 20.6 Å². The molecular weight excluding hydrogens is 210 g/mol. The Kier molecular flexibility index (Phi) is 4.13. The average molecular weight is 225 g/mol. The SMILES string of the molecule is CC(CO)CNC(=O)c1cccc(O)c1O. The van der Waals surface area contributed by atoms with Crippen molar-refractivity contribution in [2.24, 2.45) is 5.92 Å². The van der Waals surface area contributed by atoms with Crippen LogP contribution in [0.4, 0.5) is 0 Å². The summed E-state index contributed by atoms with van der Waals surface area (Å²) in [5, 5.41) is 30.0. The maximum atomic E-state index is 11.6. The maximum absolute atomic E-state index is 11.6. The van der Waals surface area contributed by atoms with Gasteiger partial charge in [0.2, 0.25) is 0 Å². The fourth-order valence-corrected chi connectivity index (χ4v) is 1.14. The van der Waals surface area contributed by atoms with Crippen LogP contribution < -0.4 is 5.32 Å². The summed E-state index contributed by atoms with van der Waals surface area (Å²) < 4.78 is 0. The molecule has 4 N–H and O–H groups in total. The van der Waals surface area contributed by atoms with E-state index in [1.54, 1.807) is 6.92 Å². The van der Waals surface area contributed by atoms with Gasteiger partial charge in [-0.25, -0.2) is 0 Å². The Hall–Kier alpha value is -1.75. The van der Waals surface area contributed by atoms with Gasteiger partial charge in [-0.3, -0.25) is 4.79 Å². The summed E-state index contributed by atoms with van der Waals surface area (Å²) in [6.45, 7) is 2.07. The van der Waals surface area contributed by atoms with Gasteiger partial charge in [-0.2, -0.15) is 0 Å². The average Bonchev–Trinajstić information content (AvgIpc) is 2.29. The molecule has 0 fully saturated rings. The Morgan fingerprint density at radius 1 is 1.44 bits per heavy atom. The molecule has 0 bridgehead atoms. The topological polar surface area (TPSA) is 89.8 Å². The van der Waals surface area contributed by atoms with Crippen molar-refractivity contribution in [1.29, 1.82) is 0 Å². The third-order valence-electron chi connectivity index (χ3n) is 2.18. The zero-order chi connectivity index (χ0) is 12.1. The molecular formula is C11H15NO4. The van der Waals surface area contributed by atoms with Crippen LogP contribution in [-0.4, -0.2) is 34.4 Å². The summed E-state index contributed by atoms with van der Waals surface area (Å²) in [5.74, 6) is -1.29. The van der Waals surface area contributed by atoms with Gasteiger partial charge in [0.15, 0.2) is 11.5 Å². The predicted molar refractivity (Wildman–Crippen MR) is 58.4 cm³/mol. The summed E-state index contributed by atoms with van der Waals surface area (Å²) in [6.07, 6.45) is 0. The van der Waals surface area contributed by atoms with Crippen LogP contribution in [0.2, 0.25) is 0 Å². The molecule has 0 aliphatic carbocycles. The van der Waals surface area contributed by atoms with Crippen LogP contribution in [-0.2, 0) is 0 Å². The molecule has 0 aliphatic rings. The van der Waals surface area contributed by atoms with Crippen LogP contribution in [0, 0.1) is 5.92 Å². The van der Waals surface area contributed by atoms with Crippen molar-refractivity contribution in [3.05, 3.63) is 23.8 Å². The van der Waals surface area contributed by atoms with Crippen molar-refractivity contribution in [3.8, 4) is 11.5 Å². The second kappa shape index (κ2) is 5.37. The van der Waals surface area contributed by atoms with Gasteiger partial charge in [0, 0.05) is 13.2 Å². The van der Waals surface area contributed by atoms with E-state index >= 15 is 0 Å². The minimum absolute atomic E-state index is 0.0186. The van der Waals surface area contributed by atoms with E-state index < -0.39 is 11.7 Å². The van der Waals surface area contributed by atoms with E-state index in [4.69, 9.17) is 5.11 Å². The molecule has 1 rings (SSSR count). The molecule has 0 heterocycles. The fraction of sp³-hybridized carbons (Fsp3) is 0.364. The van der Waals surface area contributed by atoms with Crippen molar-refractivity contribution >= 4 is 5.91 Å². The van der Waals surface area contributed by atoms with E-state index in [2.05, 4.69) is 5.32 Å². The minimum atomic E-state index is -0.478. The van der Waals surface area contributed by atoms with Crippen LogP contribution in [0.25, 0.3) is 0 Å². The van der Waals surface area contributed by atoms with Gasteiger partial charge in [-0.15, -0.1) is 0 Å². The normalized spacial score (nSPS) is 12.1. The first-order chi connectivity index (χ1) is 7.56. The second-order valence-corrected chi connectivity index (χ2v) is 3.67. The summed E-state index contributed by atoms with van der Waals surface area (Å²) in [6, 6.07) is 4.18. The van der Waals surface area contributed by atoms with Crippen LogP contribution in [0.1, 0.15) is 17.3 Å². The number of carbonyl (C=O) groups excluding carboxylic acids is 1. The zero-order valence-electron chi connectivity index (χ0n) is 8.97. The number of carbonyl (C=O) groups is 1. The molecule has 0 aromatic heterocycles. The van der Waals surface area contributed by atoms with Gasteiger partial charge in [0.25, 0.3) is 5.91 Å². The molecule has 0 radical (unpaired) electrons. The summed E-state index contributed by atoms with van der Waals surface area (Å²) in [7, 11) is 0. The molecule has 88 valence electrons. The van der Waals surface area contributed by atoms with E-state index in [0.717, 1.165) is 0 Å². The van der Waals surface area contributed by atoms with Gasteiger partial charge in [0.1, 0.15) is 0 Å². The van der Waals surface area contributed by atoms with Gasteiger partial charge in [-0.1, -0.05) is 13.0 Å². The van der Waals surface area contributed by atoms with Gasteiger partial charge >= 0.3 is 0 Å². The number of phenols is 2. The Labute approximate surface area is 93.4 Å². The Bertz CT molecular complexity index is 378. The molecule has 1 atom stereocenters. The van der Waals surface area contributed by atoms with Crippen molar-refractivity contribution < 1.29 is 20.1 Å². The highest BCUT2D eigenvalue weighted by Gasteiger charge is 2.13. The highest BCUT2D eigenvalue weighted by atomic mass is 16.3. The number of rotatable bonds is 4. The summed E-state index contributed by atoms with van der Waals surface area (Å²) in [4.78, 5) is 11.6. The highest BCUT2D eigenvalue weighted by Crippen LogP contribution is 2.27. The molecule has 1 unspecified atom stereocenters. The number of aromatic hydroxyl groups is 2. The lowest BCUT2D eigenvalue weighted by Gasteiger charge is -2.10. The molecule has 0 saturated heterocycles. The monoisotopic (exact) mass is 225 g/mol. The Morgan fingerprint density at radius 2 is 2.12 bits per heavy atom. The van der Waals surface area contributed by atoms with Crippen molar-refractivity contribution in [2.45, 2.75) is 6.92 Å². The molecule has 5 heteroatoms. The summed E-state index contributed by atoms with van der Waals surface area (Å²) >= 11 is 0. The number of para-hydroxylation sites is 1. The maximum Gasteiger partial charge on any atom is 0.255 e. The first kappa shape index (κ1) is 12.3. The van der Waals surface area contributed by atoms with Crippen LogP contribution in [0.15, 0.2) is 18.2 Å². The quantitative estimate of drug-likeness (QED) is 0.560. The lowest BCUT2D eigenvalue weighted by molar-refractivity contribution is 0.0939. The highest BCUT2D eigenvalue weighted by molar-refractivity contribution is 5.97. The van der Waals surface area contributed by atoms with Crippen LogP contribution >= 0.6 is 0 Å². The molecule has 0 aliphatic heterocycles. The smallest absolute Gasteiger partial charge is 0.255 e. The van der Waals surface area contributed by atoms with E-state index in [0.29, 0.717) is 6.54 Å². The predicted octanol–water partition coefficient (Wildman–Crippen LogP) is 0.456. The van der Waals surface area contributed by atoms with Crippen LogP contribution in [0.5, 0.6) is 11.5 Å². The first-order valence-corrected chi connectivity index (χ1v) is 4.96. The fourth-order valence-electron chi connectivity index (χ4n) is 1.14. The summed E-state index contributed by atoms with van der Waals surface area (Å²) in [5.41, 5.74) is 0.0186. The number of aliphatic hydroxyl groups excluding tert-OH is 1. The number of phenolic OH excluding ortho intramolecular Hbond substituents is 2. The lowest BCUT2D eigenvalue weighted by Crippen LogP contribution is -2.29. The number of amides is 1. The van der Waals surface area contributed by atoms with Crippen molar-refractivity contribution in [2.75, 3.05) is 13.2 Å². The third-order valence-corrected chi connectivity index (χ3v) is 2.18. The first-order valence-electron chi connectivity index (χ1n) is 4.96. The largest absolute Gasteiger partial charge is 0.504 e. The second-order valence-electron chi connectivity index (χ2n) is 3.67. The van der Waals surface area contributed by atoms with Crippen molar-refractivity contribution in [1.82, 2.24) is 5.32 Å². The van der Waals surface area contributed by atoms with Gasteiger partial charge in [-0.05, 0) is 18.1 Å². The number of benzene rings is 1. The molecule has 5 nitrogen and oxygen atoms in total. The molecule has 16 heavy (non-hydrogen) atoms. The van der Waals surface area contributed by atoms with E-state index in [1.165, 1.54) is 18.2 Å². The lowest BCUT2D eigenvalue weighted by atomic mass is 10.1. The molecule has 1 aromatic rings. The third kappa shape index (κ3) is 2.87. The van der Waals surface area contributed by atoms with Crippen molar-refractivity contribution in [3.63, 3.8) is 0 Å². The van der Waals surface area contributed by atoms with E-state index in [9.17, 15) is 15.0 Å². The van der Waals surface area contributed by atoms with Gasteiger partial charge in [0.05, 0.1) is 5.56 Å². The molecule has 1 aromatic carbocycles. The number of aliphatic hydroxyl groups is 1. The molecule has 0 spiro atoms. The van der Waals surface area contributed by atoms with E-state index in [1.807, 2.05) is 0 Å². The van der Waals surface area contributed by atoms with E-state index in [-0.39, 0.29) is 23.8 Å². The number of hydrogen-bond donors (Lipinski definition) is 4. The number of hydrogen-bond acceptors (Lipinski definition) is 4. The standard InChI is InChI=1S/C11H15NO4/c1-7(6-13)5-12-11(16)8-3-2-4-9(14)10(8)15/h2-4,7,13-15H,5-6H2,1H3,(H,12,16).